The molecule has 1 aromatic rings. The summed E-state index contributed by atoms with van der Waals surface area (Å²) in [6.07, 6.45) is 0. The zero-order valence-corrected chi connectivity index (χ0v) is 11.9. The summed E-state index contributed by atoms with van der Waals surface area (Å²) in [6.45, 7) is 5.07. The van der Waals surface area contributed by atoms with Crippen molar-refractivity contribution in [2.45, 2.75) is 13.0 Å². The van der Waals surface area contributed by atoms with Gasteiger partial charge in [-0.3, -0.25) is 9.69 Å². The summed E-state index contributed by atoms with van der Waals surface area (Å²) in [5.41, 5.74) is 1.19. The molecule has 0 radical (unpaired) electrons. The van der Waals surface area contributed by atoms with Crippen molar-refractivity contribution >= 4 is 27.6 Å². The molecule has 1 saturated heterocycles. The van der Waals surface area contributed by atoms with E-state index in [4.69, 9.17) is 5.11 Å². The van der Waals surface area contributed by atoms with Crippen LogP contribution in [0, 0.1) is 0 Å². The number of aliphatic carboxylic acids is 1. The predicted octanol–water partition coefficient (Wildman–Crippen LogP) is 2.04. The Kier molecular flexibility index (Phi) is 4.24. The maximum atomic E-state index is 10.9. The molecule has 1 aliphatic rings. The molecule has 1 aromatic carbocycles. The van der Waals surface area contributed by atoms with E-state index < -0.39 is 12.0 Å². The molecule has 1 N–H and O–H groups in total. The second-order valence-corrected chi connectivity index (χ2v) is 5.43. The molecule has 0 aliphatic carbocycles. The van der Waals surface area contributed by atoms with Crippen molar-refractivity contribution in [2.75, 3.05) is 31.1 Å². The number of benzene rings is 1. The summed E-state index contributed by atoms with van der Waals surface area (Å²) in [5, 5.41) is 8.99. The number of piperazine rings is 1. The SMILES string of the molecule is CC(C(=O)O)N1CCN(c2cccc(Br)c2)CC1. The van der Waals surface area contributed by atoms with Crippen LogP contribution in [0.15, 0.2) is 28.7 Å². The van der Waals surface area contributed by atoms with Crippen molar-refractivity contribution in [2.24, 2.45) is 0 Å². The van der Waals surface area contributed by atoms with Crippen molar-refractivity contribution in [1.29, 1.82) is 0 Å². The first-order valence-corrected chi connectivity index (χ1v) is 6.84. The number of carboxylic acids is 1. The van der Waals surface area contributed by atoms with E-state index in [0.29, 0.717) is 0 Å². The lowest BCUT2D eigenvalue weighted by Crippen LogP contribution is -2.51. The Labute approximate surface area is 115 Å². The fraction of sp³-hybridized carbons (Fsp3) is 0.462. The Morgan fingerprint density at radius 3 is 2.56 bits per heavy atom. The minimum atomic E-state index is -0.745. The molecule has 1 aliphatic heterocycles. The van der Waals surface area contributed by atoms with Crippen molar-refractivity contribution in [3.63, 3.8) is 0 Å². The smallest absolute Gasteiger partial charge is 0.320 e. The zero-order chi connectivity index (χ0) is 13.1. The number of hydrogen-bond donors (Lipinski definition) is 1. The van der Waals surface area contributed by atoms with E-state index in [1.165, 1.54) is 5.69 Å². The molecule has 0 saturated carbocycles. The lowest BCUT2D eigenvalue weighted by molar-refractivity contribution is -0.142. The Morgan fingerprint density at radius 1 is 1.33 bits per heavy atom. The largest absolute Gasteiger partial charge is 0.480 e. The number of anilines is 1. The Balaban J connectivity index is 1.96. The molecule has 1 atom stereocenters. The highest BCUT2D eigenvalue weighted by Crippen LogP contribution is 2.21. The van der Waals surface area contributed by atoms with Crippen LogP contribution in [0.2, 0.25) is 0 Å². The average molecular weight is 313 g/mol. The molecule has 5 heteroatoms. The van der Waals surface area contributed by atoms with Gasteiger partial charge in [-0.05, 0) is 25.1 Å². The van der Waals surface area contributed by atoms with Gasteiger partial charge >= 0.3 is 5.97 Å². The molecule has 1 unspecified atom stereocenters. The molecular formula is C13H17BrN2O2. The molecule has 1 heterocycles. The molecular weight excluding hydrogens is 296 g/mol. The summed E-state index contributed by atoms with van der Waals surface area (Å²) in [4.78, 5) is 15.2. The quantitative estimate of drug-likeness (QED) is 0.927. The van der Waals surface area contributed by atoms with Gasteiger partial charge in [0.25, 0.3) is 0 Å². The highest BCUT2D eigenvalue weighted by Gasteiger charge is 2.25. The van der Waals surface area contributed by atoms with Gasteiger partial charge in [-0.25, -0.2) is 0 Å². The van der Waals surface area contributed by atoms with Crippen LogP contribution in [0.1, 0.15) is 6.92 Å². The molecule has 0 amide bonds. The van der Waals surface area contributed by atoms with Gasteiger partial charge in [0.05, 0.1) is 0 Å². The second-order valence-electron chi connectivity index (χ2n) is 4.52. The molecule has 1 fully saturated rings. The molecule has 18 heavy (non-hydrogen) atoms. The van der Waals surface area contributed by atoms with Crippen LogP contribution in [0.3, 0.4) is 0 Å². The molecule has 0 spiro atoms. The number of nitrogens with zero attached hydrogens (tertiary/aromatic N) is 2. The number of hydrogen-bond acceptors (Lipinski definition) is 3. The fourth-order valence-electron chi connectivity index (χ4n) is 2.20. The first kappa shape index (κ1) is 13.4. The van der Waals surface area contributed by atoms with Gasteiger partial charge in [-0.1, -0.05) is 22.0 Å². The Morgan fingerprint density at radius 2 is 2.00 bits per heavy atom. The third kappa shape index (κ3) is 3.03. The molecule has 2 rings (SSSR count). The van der Waals surface area contributed by atoms with Crippen LogP contribution < -0.4 is 4.90 Å². The first-order chi connectivity index (χ1) is 8.58. The Bertz CT molecular complexity index is 431. The van der Waals surface area contributed by atoms with E-state index in [1.54, 1.807) is 6.92 Å². The highest BCUT2D eigenvalue weighted by atomic mass is 79.9. The minimum Gasteiger partial charge on any atom is -0.480 e. The van der Waals surface area contributed by atoms with E-state index in [1.807, 2.05) is 17.0 Å². The summed E-state index contributed by atoms with van der Waals surface area (Å²) >= 11 is 3.47. The molecule has 98 valence electrons. The monoisotopic (exact) mass is 312 g/mol. The van der Waals surface area contributed by atoms with E-state index >= 15 is 0 Å². The first-order valence-electron chi connectivity index (χ1n) is 6.05. The van der Waals surface area contributed by atoms with Crippen LogP contribution in [0.4, 0.5) is 5.69 Å². The van der Waals surface area contributed by atoms with Crippen molar-refractivity contribution < 1.29 is 9.90 Å². The fourth-order valence-corrected chi connectivity index (χ4v) is 2.58. The topological polar surface area (TPSA) is 43.8 Å². The van der Waals surface area contributed by atoms with Gasteiger partial charge in [0, 0.05) is 36.3 Å². The predicted molar refractivity (Wildman–Crippen MR) is 75.0 cm³/mol. The number of halogens is 1. The summed E-state index contributed by atoms with van der Waals surface area (Å²) in [5.74, 6) is -0.745. The van der Waals surface area contributed by atoms with E-state index in [-0.39, 0.29) is 0 Å². The number of rotatable bonds is 3. The zero-order valence-electron chi connectivity index (χ0n) is 10.3. The minimum absolute atomic E-state index is 0.394. The third-order valence-corrected chi connectivity index (χ3v) is 3.89. The highest BCUT2D eigenvalue weighted by molar-refractivity contribution is 9.10. The number of carboxylic acid groups (broad SMARTS) is 1. The van der Waals surface area contributed by atoms with E-state index in [2.05, 4.69) is 33.0 Å². The average Bonchev–Trinajstić information content (AvgIpc) is 2.38. The lowest BCUT2D eigenvalue weighted by atomic mass is 10.2. The van der Waals surface area contributed by atoms with Crippen molar-refractivity contribution in [3.8, 4) is 0 Å². The van der Waals surface area contributed by atoms with Crippen molar-refractivity contribution in [3.05, 3.63) is 28.7 Å². The van der Waals surface area contributed by atoms with Gasteiger partial charge in [0.1, 0.15) is 6.04 Å². The van der Waals surface area contributed by atoms with Gasteiger partial charge in [-0.15, -0.1) is 0 Å². The summed E-state index contributed by atoms with van der Waals surface area (Å²) in [6, 6.07) is 7.81. The van der Waals surface area contributed by atoms with Gasteiger partial charge in [0.2, 0.25) is 0 Å². The summed E-state index contributed by atoms with van der Waals surface area (Å²) < 4.78 is 1.07. The standard InChI is InChI=1S/C13H17BrN2O2/c1-10(13(17)18)15-5-7-16(8-6-15)12-4-2-3-11(14)9-12/h2-4,9-10H,5-8H2,1H3,(H,17,18). The maximum Gasteiger partial charge on any atom is 0.320 e. The van der Waals surface area contributed by atoms with Gasteiger partial charge < -0.3 is 10.0 Å². The van der Waals surface area contributed by atoms with E-state index in [9.17, 15) is 4.79 Å². The normalized spacial score (nSPS) is 18.7. The van der Waals surface area contributed by atoms with Crippen LogP contribution in [-0.4, -0.2) is 48.2 Å². The van der Waals surface area contributed by atoms with Crippen LogP contribution >= 0.6 is 15.9 Å². The Hall–Kier alpha value is -1.07. The van der Waals surface area contributed by atoms with Crippen LogP contribution in [0.25, 0.3) is 0 Å². The van der Waals surface area contributed by atoms with Gasteiger partial charge in [0.15, 0.2) is 0 Å². The van der Waals surface area contributed by atoms with Gasteiger partial charge in [-0.2, -0.15) is 0 Å². The maximum absolute atomic E-state index is 10.9. The molecule has 0 bridgehead atoms. The van der Waals surface area contributed by atoms with E-state index in [0.717, 1.165) is 30.7 Å². The molecule has 4 nitrogen and oxygen atoms in total. The third-order valence-electron chi connectivity index (χ3n) is 3.39. The van der Waals surface area contributed by atoms with Crippen molar-refractivity contribution in [1.82, 2.24) is 4.90 Å². The summed E-state index contributed by atoms with van der Waals surface area (Å²) in [7, 11) is 0. The second kappa shape index (κ2) is 5.71. The lowest BCUT2D eigenvalue weighted by Gasteiger charge is -2.37. The van der Waals surface area contributed by atoms with Crippen LogP contribution in [-0.2, 0) is 4.79 Å². The number of carbonyl (C=O) groups is 1. The molecule has 0 aromatic heterocycles. The van der Waals surface area contributed by atoms with Crippen LogP contribution in [0.5, 0.6) is 0 Å².